The molecule has 0 amide bonds. The molecule has 2 N–H and O–H groups in total. The van der Waals surface area contributed by atoms with Gasteiger partial charge >= 0.3 is 5.97 Å². The van der Waals surface area contributed by atoms with Gasteiger partial charge in [-0.1, -0.05) is 61.3 Å². The highest BCUT2D eigenvalue weighted by Gasteiger charge is 2.63. The van der Waals surface area contributed by atoms with E-state index in [4.69, 9.17) is 34.8 Å². The van der Waals surface area contributed by atoms with Crippen LogP contribution >= 0.6 is 0 Å². The molecule has 1 unspecified atom stereocenters. The van der Waals surface area contributed by atoms with Crippen LogP contribution < -0.4 is 0 Å². The molecule has 316 valence electrons. The largest absolute Gasteiger partial charge is 0.452 e. The highest BCUT2D eigenvalue weighted by Crippen LogP contribution is 2.53. The van der Waals surface area contributed by atoms with Crippen LogP contribution in [0, 0.1) is 53.8 Å². The number of terminal acetylenes is 1. The van der Waals surface area contributed by atoms with Crippen molar-refractivity contribution in [3.63, 3.8) is 0 Å². The van der Waals surface area contributed by atoms with Crippen molar-refractivity contribution in [1.29, 1.82) is 0 Å². The fourth-order valence-corrected chi connectivity index (χ4v) is 10.6. The first kappa shape index (κ1) is 44.9. The second-order valence-electron chi connectivity index (χ2n) is 18.2. The molecule has 5 aliphatic rings. The molecule has 0 radical (unpaired) electrons. The first-order valence-corrected chi connectivity index (χ1v) is 21.5. The molecule has 5 aliphatic heterocycles. The third kappa shape index (κ3) is 8.46. The van der Waals surface area contributed by atoms with Gasteiger partial charge in [0.2, 0.25) is 11.6 Å². The molecule has 4 fully saturated rings. The number of aliphatic hydroxyl groups is 2. The number of rotatable bonds is 13. The van der Waals surface area contributed by atoms with Gasteiger partial charge in [0.1, 0.15) is 5.78 Å². The Morgan fingerprint density at radius 2 is 1.66 bits per heavy atom. The van der Waals surface area contributed by atoms with Crippen LogP contribution in [-0.2, 0) is 42.8 Å². The van der Waals surface area contributed by atoms with Gasteiger partial charge in [0, 0.05) is 30.1 Å². The van der Waals surface area contributed by atoms with Crippen molar-refractivity contribution in [2.75, 3.05) is 6.61 Å². The van der Waals surface area contributed by atoms with E-state index in [-0.39, 0.29) is 66.3 Å². The first-order valence-electron chi connectivity index (χ1n) is 21.5. The molecule has 0 aliphatic carbocycles. The molecule has 0 aromatic rings. The van der Waals surface area contributed by atoms with Crippen molar-refractivity contribution in [1.82, 2.24) is 0 Å². The Bertz CT molecular complexity index is 1490. The van der Waals surface area contributed by atoms with Crippen LogP contribution in [-0.4, -0.2) is 93.8 Å². The van der Waals surface area contributed by atoms with Crippen LogP contribution in [0.25, 0.3) is 0 Å². The smallest absolute Gasteiger partial charge is 0.312 e. The highest BCUT2D eigenvalue weighted by molar-refractivity contribution is 5.97. The molecular formula is C45H70O11. The molecule has 17 atom stereocenters. The Kier molecular flexibility index (Phi) is 14.1. The molecule has 0 bridgehead atoms. The van der Waals surface area contributed by atoms with E-state index in [1.807, 2.05) is 48.5 Å². The van der Waals surface area contributed by atoms with E-state index in [1.54, 1.807) is 13.0 Å². The van der Waals surface area contributed by atoms with E-state index in [1.165, 1.54) is 6.08 Å². The average Bonchev–Trinajstić information content (AvgIpc) is 3.52. The van der Waals surface area contributed by atoms with Gasteiger partial charge in [-0.2, -0.15) is 0 Å². The normalized spacial score (nSPS) is 42.8. The van der Waals surface area contributed by atoms with Gasteiger partial charge < -0.3 is 38.6 Å². The van der Waals surface area contributed by atoms with Crippen molar-refractivity contribution in [3.05, 3.63) is 12.2 Å². The van der Waals surface area contributed by atoms with Crippen LogP contribution in [0.15, 0.2) is 12.2 Å². The Morgan fingerprint density at radius 1 is 0.964 bits per heavy atom. The van der Waals surface area contributed by atoms with Crippen molar-refractivity contribution in [2.24, 2.45) is 41.4 Å². The standard InChI is InChI=1S/C45H70O11/c1-12-24-51-41(49)32(13-2)34-17-16-26(5)39(53-34)30(9)37(47)29(8)38(48)33(14-3)40-27(6)25-28(7)44(54-40)21-18-35(46)45(56-44)23-22-42(11,55-45)36-19-20-43(50,15-4)31(10)52-36/h1,18,21,26-34,36-37,39-40,47,50H,13-17,19-20,22-25H2,2-11H3/t26-,27-,28+,29-,30-,31-,32+,33-,34+,36+,37+,39+,40?,42-,43+,44-,45-/m0/s1. The van der Waals surface area contributed by atoms with Gasteiger partial charge in [-0.3, -0.25) is 14.4 Å². The molecule has 11 nitrogen and oxygen atoms in total. The summed E-state index contributed by atoms with van der Waals surface area (Å²) in [7, 11) is 0. The summed E-state index contributed by atoms with van der Waals surface area (Å²) in [6, 6.07) is 0. The van der Waals surface area contributed by atoms with Crippen molar-refractivity contribution in [2.45, 2.75) is 193 Å². The molecule has 56 heavy (non-hydrogen) atoms. The quantitative estimate of drug-likeness (QED) is 0.156. The Balaban J connectivity index is 1.30. The van der Waals surface area contributed by atoms with Gasteiger partial charge in [-0.05, 0) is 95.6 Å². The summed E-state index contributed by atoms with van der Waals surface area (Å²) in [5.74, 6) is -3.46. The zero-order valence-corrected chi connectivity index (χ0v) is 35.6. The lowest BCUT2D eigenvalue weighted by Gasteiger charge is -2.53. The predicted molar refractivity (Wildman–Crippen MR) is 210 cm³/mol. The van der Waals surface area contributed by atoms with Gasteiger partial charge in [0.05, 0.1) is 53.7 Å². The van der Waals surface area contributed by atoms with E-state index < -0.39 is 58.7 Å². The molecule has 5 rings (SSSR count). The second-order valence-corrected chi connectivity index (χ2v) is 18.2. The molecule has 0 aromatic heterocycles. The summed E-state index contributed by atoms with van der Waals surface area (Å²) < 4.78 is 38.7. The molecule has 2 spiro atoms. The van der Waals surface area contributed by atoms with Crippen LogP contribution in [0.3, 0.4) is 0 Å². The van der Waals surface area contributed by atoms with Crippen molar-refractivity contribution < 1.29 is 53.0 Å². The number of carbonyl (C=O) groups is 3. The topological polar surface area (TPSA) is 147 Å². The minimum atomic E-state index is -1.57. The summed E-state index contributed by atoms with van der Waals surface area (Å²) in [4.78, 5) is 41.0. The van der Waals surface area contributed by atoms with Gasteiger partial charge in [0.25, 0.3) is 0 Å². The lowest BCUT2D eigenvalue weighted by Crippen LogP contribution is -2.62. The number of esters is 1. The van der Waals surface area contributed by atoms with Crippen LogP contribution in [0.4, 0.5) is 0 Å². The molecule has 0 aromatic carbocycles. The average molecular weight is 787 g/mol. The number of hydrogen-bond donors (Lipinski definition) is 2. The molecule has 4 saturated heterocycles. The summed E-state index contributed by atoms with van der Waals surface area (Å²) in [5.41, 5.74) is -1.71. The Labute approximate surface area is 335 Å². The van der Waals surface area contributed by atoms with Gasteiger partial charge in [0.15, 0.2) is 12.4 Å². The number of hydrogen-bond acceptors (Lipinski definition) is 11. The number of ether oxygens (including phenoxy) is 6. The molecule has 11 heteroatoms. The van der Waals surface area contributed by atoms with E-state index in [2.05, 4.69) is 19.8 Å². The van der Waals surface area contributed by atoms with Crippen molar-refractivity contribution >= 4 is 17.5 Å². The van der Waals surface area contributed by atoms with E-state index in [0.29, 0.717) is 57.8 Å². The Morgan fingerprint density at radius 3 is 2.29 bits per heavy atom. The molecule has 5 heterocycles. The maximum atomic E-state index is 14.5. The predicted octanol–water partition coefficient (Wildman–Crippen LogP) is 6.49. The number of carbonyl (C=O) groups excluding carboxylic acids is 3. The first-order chi connectivity index (χ1) is 26.3. The summed E-state index contributed by atoms with van der Waals surface area (Å²) in [6.07, 6.45) is 11.4. The minimum absolute atomic E-state index is 0.0104. The summed E-state index contributed by atoms with van der Waals surface area (Å²) >= 11 is 0. The van der Waals surface area contributed by atoms with Crippen LogP contribution in [0.2, 0.25) is 0 Å². The lowest BCUT2D eigenvalue weighted by atomic mass is 9.72. The van der Waals surface area contributed by atoms with E-state index >= 15 is 0 Å². The van der Waals surface area contributed by atoms with E-state index in [0.717, 1.165) is 6.42 Å². The van der Waals surface area contributed by atoms with Crippen LogP contribution in [0.5, 0.6) is 0 Å². The third-order valence-corrected chi connectivity index (χ3v) is 14.6. The number of aliphatic hydroxyl groups excluding tert-OH is 1. The minimum Gasteiger partial charge on any atom is -0.452 e. The fourth-order valence-electron chi connectivity index (χ4n) is 10.6. The molecular weight excluding hydrogens is 716 g/mol. The van der Waals surface area contributed by atoms with Crippen molar-refractivity contribution in [3.8, 4) is 12.3 Å². The fraction of sp³-hybridized carbons (Fsp3) is 0.844. The summed E-state index contributed by atoms with van der Waals surface area (Å²) in [5, 5.41) is 22.9. The maximum Gasteiger partial charge on any atom is 0.312 e. The number of Topliss-reactive ketones (excluding diaryl/α,β-unsaturated/α-hetero) is 1. The monoisotopic (exact) mass is 786 g/mol. The third-order valence-electron chi connectivity index (χ3n) is 14.6. The second kappa shape index (κ2) is 17.6. The lowest BCUT2D eigenvalue weighted by molar-refractivity contribution is -0.378. The van der Waals surface area contributed by atoms with E-state index in [9.17, 15) is 24.6 Å². The maximum absolute atomic E-state index is 14.5. The number of ketones is 2. The van der Waals surface area contributed by atoms with Gasteiger partial charge in [-0.25, -0.2) is 0 Å². The Hall–Kier alpha value is -2.17. The van der Waals surface area contributed by atoms with Gasteiger partial charge in [-0.15, -0.1) is 6.42 Å². The summed E-state index contributed by atoms with van der Waals surface area (Å²) in [6.45, 7) is 19.5. The van der Waals surface area contributed by atoms with Crippen LogP contribution in [0.1, 0.15) is 133 Å². The highest BCUT2D eigenvalue weighted by atomic mass is 16.8. The molecule has 0 saturated carbocycles. The SMILES string of the molecule is C#CCOC(=O)[C@H](CC)[C@H]1CC[C@H](C)[C@H]([C@@H](C)[C@H](O)[C@H](C)C(=O)[C@H](CC)C2O[C@]3(C=CC(=O)[C@]4(CC[C@@](C)([C@H]5CC[C@](O)(CC)[C@H](C)O5)O4)O3)[C@H](C)C[C@@H]2C)O1. The zero-order valence-electron chi connectivity index (χ0n) is 35.6. The zero-order chi connectivity index (χ0) is 41.4.